The van der Waals surface area contributed by atoms with E-state index in [1.165, 1.54) is 12.1 Å². The van der Waals surface area contributed by atoms with Crippen LogP contribution in [0.25, 0.3) is 0 Å². The van der Waals surface area contributed by atoms with E-state index in [1.807, 2.05) is 4.90 Å². The zero-order chi connectivity index (χ0) is 13.3. The maximum atomic E-state index is 13.9. The highest BCUT2D eigenvalue weighted by Gasteiger charge is 2.25. The molecule has 1 heterocycles. The zero-order valence-electron chi connectivity index (χ0n) is 10.6. The number of hydrogen-bond acceptors (Lipinski definition) is 3. The standard InChI is InChI=1S/C13H17FN2O2/c1-9-3-4-10(2)15(8-9)13-6-5-11(16(17)18)7-12(13)14/h5-7,9-10H,3-4,8H2,1-2H3. The Hall–Kier alpha value is -1.65. The SMILES string of the molecule is CC1CCC(C)N(c2ccc([N+](=O)[O-])cc2F)C1. The van der Waals surface area contributed by atoms with Crippen LogP contribution < -0.4 is 4.90 Å². The van der Waals surface area contributed by atoms with E-state index in [0.717, 1.165) is 25.5 Å². The van der Waals surface area contributed by atoms with Crippen LogP contribution in [0.2, 0.25) is 0 Å². The molecular formula is C13H17FN2O2. The van der Waals surface area contributed by atoms with Gasteiger partial charge in [0, 0.05) is 18.7 Å². The Bertz CT molecular complexity index is 464. The molecule has 0 N–H and O–H groups in total. The minimum atomic E-state index is -0.574. The number of piperidine rings is 1. The molecule has 0 amide bonds. The van der Waals surface area contributed by atoms with Gasteiger partial charge in [0.2, 0.25) is 0 Å². The molecule has 0 saturated carbocycles. The third kappa shape index (κ3) is 2.44. The van der Waals surface area contributed by atoms with Crippen molar-refractivity contribution in [3.63, 3.8) is 0 Å². The lowest BCUT2D eigenvalue weighted by Crippen LogP contribution is -2.41. The molecule has 2 atom stereocenters. The Labute approximate surface area is 106 Å². The van der Waals surface area contributed by atoms with Crippen molar-refractivity contribution in [3.05, 3.63) is 34.1 Å². The van der Waals surface area contributed by atoms with Gasteiger partial charge in [-0.1, -0.05) is 6.92 Å². The molecule has 18 heavy (non-hydrogen) atoms. The van der Waals surface area contributed by atoms with E-state index >= 15 is 0 Å². The van der Waals surface area contributed by atoms with E-state index in [1.54, 1.807) is 0 Å². The monoisotopic (exact) mass is 252 g/mol. The Morgan fingerprint density at radius 3 is 2.72 bits per heavy atom. The third-order valence-corrected chi connectivity index (χ3v) is 3.57. The molecule has 0 spiro atoms. The van der Waals surface area contributed by atoms with Gasteiger partial charge in [0.15, 0.2) is 5.82 Å². The van der Waals surface area contributed by atoms with Crippen molar-refractivity contribution in [1.82, 2.24) is 0 Å². The topological polar surface area (TPSA) is 46.4 Å². The fourth-order valence-corrected chi connectivity index (χ4v) is 2.47. The summed E-state index contributed by atoms with van der Waals surface area (Å²) in [5.74, 6) is 0.0148. The van der Waals surface area contributed by atoms with E-state index in [9.17, 15) is 14.5 Å². The molecular weight excluding hydrogens is 235 g/mol. The predicted molar refractivity (Wildman–Crippen MR) is 68.3 cm³/mol. The molecule has 5 heteroatoms. The third-order valence-electron chi connectivity index (χ3n) is 3.57. The summed E-state index contributed by atoms with van der Waals surface area (Å²) in [6, 6.07) is 4.16. The number of nitro benzene ring substituents is 1. The van der Waals surface area contributed by atoms with E-state index in [2.05, 4.69) is 13.8 Å². The minimum absolute atomic E-state index is 0.200. The van der Waals surface area contributed by atoms with Crippen molar-refractivity contribution < 1.29 is 9.31 Å². The predicted octanol–water partition coefficient (Wildman–Crippen LogP) is 3.36. The summed E-state index contributed by atoms with van der Waals surface area (Å²) in [7, 11) is 0. The van der Waals surface area contributed by atoms with Crippen LogP contribution in [0.1, 0.15) is 26.7 Å². The highest BCUT2D eigenvalue weighted by molar-refractivity contribution is 5.53. The molecule has 1 saturated heterocycles. The zero-order valence-corrected chi connectivity index (χ0v) is 10.6. The normalized spacial score (nSPS) is 24.1. The number of hydrogen-bond donors (Lipinski definition) is 0. The van der Waals surface area contributed by atoms with Crippen LogP contribution in [0.5, 0.6) is 0 Å². The smallest absolute Gasteiger partial charge is 0.272 e. The summed E-state index contributed by atoms with van der Waals surface area (Å²) in [4.78, 5) is 12.0. The quantitative estimate of drug-likeness (QED) is 0.599. The van der Waals surface area contributed by atoms with Gasteiger partial charge in [-0.15, -0.1) is 0 Å². The van der Waals surface area contributed by atoms with Crippen molar-refractivity contribution in [3.8, 4) is 0 Å². The highest BCUT2D eigenvalue weighted by atomic mass is 19.1. The van der Waals surface area contributed by atoms with Gasteiger partial charge < -0.3 is 4.90 Å². The highest BCUT2D eigenvalue weighted by Crippen LogP contribution is 2.31. The lowest BCUT2D eigenvalue weighted by molar-refractivity contribution is -0.385. The van der Waals surface area contributed by atoms with Crippen LogP contribution >= 0.6 is 0 Å². The van der Waals surface area contributed by atoms with E-state index in [4.69, 9.17) is 0 Å². The molecule has 98 valence electrons. The lowest BCUT2D eigenvalue weighted by atomic mass is 9.94. The van der Waals surface area contributed by atoms with Gasteiger partial charge in [-0.25, -0.2) is 4.39 Å². The number of halogens is 1. The summed E-state index contributed by atoms with van der Waals surface area (Å²) in [5, 5.41) is 10.6. The van der Waals surface area contributed by atoms with Gasteiger partial charge in [-0.05, 0) is 31.7 Å². The van der Waals surface area contributed by atoms with Crippen LogP contribution in [0, 0.1) is 21.8 Å². The van der Waals surface area contributed by atoms with E-state index in [-0.39, 0.29) is 11.7 Å². The molecule has 0 bridgehead atoms. The van der Waals surface area contributed by atoms with E-state index in [0.29, 0.717) is 11.6 Å². The molecule has 1 aliphatic heterocycles. The van der Waals surface area contributed by atoms with Crippen molar-refractivity contribution in [2.75, 3.05) is 11.4 Å². The fourth-order valence-electron chi connectivity index (χ4n) is 2.47. The first-order valence-corrected chi connectivity index (χ1v) is 6.19. The van der Waals surface area contributed by atoms with Crippen LogP contribution in [0.15, 0.2) is 18.2 Å². The summed E-state index contributed by atoms with van der Waals surface area (Å²) in [6.45, 7) is 5.00. The van der Waals surface area contributed by atoms with E-state index < -0.39 is 10.7 Å². The van der Waals surface area contributed by atoms with Crippen LogP contribution in [0.4, 0.5) is 15.8 Å². The van der Waals surface area contributed by atoms with Gasteiger partial charge in [-0.3, -0.25) is 10.1 Å². The number of anilines is 1. The van der Waals surface area contributed by atoms with Gasteiger partial charge in [-0.2, -0.15) is 0 Å². The number of rotatable bonds is 2. The summed E-state index contributed by atoms with van der Waals surface area (Å²) >= 11 is 0. The van der Waals surface area contributed by atoms with Crippen molar-refractivity contribution >= 4 is 11.4 Å². The molecule has 4 nitrogen and oxygen atoms in total. The first-order valence-electron chi connectivity index (χ1n) is 6.19. The van der Waals surface area contributed by atoms with Crippen molar-refractivity contribution in [2.45, 2.75) is 32.7 Å². The molecule has 1 aliphatic rings. The molecule has 2 unspecified atom stereocenters. The molecule has 0 aliphatic carbocycles. The van der Waals surface area contributed by atoms with Crippen LogP contribution in [-0.4, -0.2) is 17.5 Å². The molecule has 0 radical (unpaired) electrons. The van der Waals surface area contributed by atoms with Gasteiger partial charge >= 0.3 is 0 Å². The number of non-ortho nitro benzene ring substituents is 1. The first-order chi connectivity index (χ1) is 8.49. The Morgan fingerprint density at radius 1 is 1.39 bits per heavy atom. The summed E-state index contributed by atoms with van der Waals surface area (Å²) < 4.78 is 13.9. The average molecular weight is 252 g/mol. The second-order valence-corrected chi connectivity index (χ2v) is 5.08. The van der Waals surface area contributed by atoms with Gasteiger partial charge in [0.25, 0.3) is 5.69 Å². The number of benzene rings is 1. The first kappa shape index (κ1) is 12.8. The minimum Gasteiger partial charge on any atom is -0.366 e. The number of nitro groups is 1. The second kappa shape index (κ2) is 4.92. The lowest BCUT2D eigenvalue weighted by Gasteiger charge is -2.38. The van der Waals surface area contributed by atoms with Crippen LogP contribution in [-0.2, 0) is 0 Å². The molecule has 1 aromatic rings. The largest absolute Gasteiger partial charge is 0.366 e. The molecule has 2 rings (SSSR count). The maximum absolute atomic E-state index is 13.9. The average Bonchev–Trinajstić information content (AvgIpc) is 2.32. The molecule has 1 fully saturated rings. The summed E-state index contributed by atoms with van der Waals surface area (Å²) in [5.41, 5.74) is 0.272. The number of nitrogens with zero attached hydrogens (tertiary/aromatic N) is 2. The Balaban J connectivity index is 2.30. The molecule has 1 aromatic carbocycles. The maximum Gasteiger partial charge on any atom is 0.272 e. The van der Waals surface area contributed by atoms with Gasteiger partial charge in [0.05, 0.1) is 16.7 Å². The fraction of sp³-hybridized carbons (Fsp3) is 0.538. The van der Waals surface area contributed by atoms with Crippen molar-refractivity contribution in [2.24, 2.45) is 5.92 Å². The Kier molecular flexibility index (Phi) is 3.50. The summed E-state index contributed by atoms with van der Waals surface area (Å²) in [6.07, 6.45) is 2.17. The van der Waals surface area contributed by atoms with Gasteiger partial charge in [0.1, 0.15) is 0 Å². The second-order valence-electron chi connectivity index (χ2n) is 5.08. The van der Waals surface area contributed by atoms with Crippen molar-refractivity contribution in [1.29, 1.82) is 0 Å². The Morgan fingerprint density at radius 2 is 2.11 bits per heavy atom. The van der Waals surface area contributed by atoms with Crippen LogP contribution in [0.3, 0.4) is 0 Å². The molecule has 0 aromatic heterocycles.